The van der Waals surface area contributed by atoms with E-state index in [-0.39, 0.29) is 11.7 Å². The van der Waals surface area contributed by atoms with Crippen LogP contribution in [-0.4, -0.2) is 22.8 Å². The van der Waals surface area contributed by atoms with Crippen molar-refractivity contribution in [3.05, 3.63) is 71.8 Å². The molecular weight excluding hydrogens is 294 g/mol. The molecular formula is C17H17N3O3. The Hall–Kier alpha value is -2.86. The van der Waals surface area contributed by atoms with E-state index in [0.29, 0.717) is 24.7 Å². The van der Waals surface area contributed by atoms with Crippen LogP contribution in [-0.2, 0) is 17.9 Å². The molecule has 0 atom stereocenters. The third kappa shape index (κ3) is 3.87. The van der Waals surface area contributed by atoms with E-state index in [1.807, 2.05) is 36.5 Å². The molecule has 6 heteroatoms. The largest absolute Gasteiger partial charge is 0.453 e. The summed E-state index contributed by atoms with van der Waals surface area (Å²) in [4.78, 5) is 12.1. The van der Waals surface area contributed by atoms with Gasteiger partial charge in [0.05, 0.1) is 6.54 Å². The average molecular weight is 311 g/mol. The zero-order valence-electron chi connectivity index (χ0n) is 12.7. The fraction of sp³-hybridized carbons (Fsp3) is 0.176. The number of benzene rings is 1. The van der Waals surface area contributed by atoms with Crippen LogP contribution in [0.2, 0.25) is 0 Å². The number of nitrogens with one attached hydrogen (secondary N) is 1. The molecule has 0 aliphatic heterocycles. The third-order valence-corrected chi connectivity index (χ3v) is 3.24. The first-order chi connectivity index (χ1) is 11.2. The Morgan fingerprint density at radius 1 is 1.22 bits per heavy atom. The fourth-order valence-corrected chi connectivity index (χ4v) is 2.18. The molecule has 0 aliphatic carbocycles. The smallest absolute Gasteiger partial charge is 0.292 e. The number of hydrogen-bond acceptors (Lipinski definition) is 4. The van der Waals surface area contributed by atoms with Gasteiger partial charge in [-0.25, -0.2) is 0 Å². The lowest BCUT2D eigenvalue weighted by molar-refractivity contribution is 0.0987. The molecule has 0 aliphatic rings. The van der Waals surface area contributed by atoms with Gasteiger partial charge < -0.3 is 14.5 Å². The molecule has 0 bridgehead atoms. The molecule has 6 nitrogen and oxygen atoms in total. The van der Waals surface area contributed by atoms with Crippen molar-refractivity contribution >= 4 is 11.7 Å². The lowest BCUT2D eigenvalue weighted by atomic mass is 10.2. The van der Waals surface area contributed by atoms with Crippen LogP contribution in [0.15, 0.2) is 59.1 Å². The van der Waals surface area contributed by atoms with Crippen LogP contribution in [0, 0.1) is 0 Å². The Labute approximate surface area is 133 Å². The van der Waals surface area contributed by atoms with E-state index in [0.717, 1.165) is 5.56 Å². The van der Waals surface area contributed by atoms with Gasteiger partial charge in [-0.2, -0.15) is 5.10 Å². The van der Waals surface area contributed by atoms with E-state index in [1.54, 1.807) is 30.0 Å². The Morgan fingerprint density at radius 3 is 2.83 bits per heavy atom. The number of carbonyl (C=O) groups excluding carboxylic acids is 1. The first-order valence-corrected chi connectivity index (χ1v) is 7.21. The summed E-state index contributed by atoms with van der Waals surface area (Å²) in [5.74, 6) is 0.981. The van der Waals surface area contributed by atoms with E-state index in [9.17, 15) is 4.79 Å². The normalized spacial score (nSPS) is 10.7. The van der Waals surface area contributed by atoms with Crippen LogP contribution < -0.4 is 5.32 Å². The lowest BCUT2D eigenvalue weighted by Gasteiger charge is -2.02. The highest BCUT2D eigenvalue weighted by Crippen LogP contribution is 2.12. The number of anilines is 1. The highest BCUT2D eigenvalue weighted by Gasteiger charge is 2.12. The number of nitrogens with zero attached hydrogens (tertiary/aromatic N) is 2. The second-order valence-corrected chi connectivity index (χ2v) is 5.04. The van der Waals surface area contributed by atoms with Gasteiger partial charge in [0.15, 0.2) is 11.6 Å². The van der Waals surface area contributed by atoms with E-state index in [2.05, 4.69) is 10.4 Å². The van der Waals surface area contributed by atoms with Crippen molar-refractivity contribution in [3.8, 4) is 0 Å². The Bertz CT molecular complexity index is 777. The maximum Gasteiger partial charge on any atom is 0.292 e. The van der Waals surface area contributed by atoms with Crippen molar-refractivity contribution in [1.29, 1.82) is 0 Å². The van der Waals surface area contributed by atoms with Crippen molar-refractivity contribution in [2.24, 2.45) is 0 Å². The predicted octanol–water partition coefficient (Wildman–Crippen LogP) is 2.92. The average Bonchev–Trinajstić information content (AvgIpc) is 3.18. The summed E-state index contributed by atoms with van der Waals surface area (Å²) >= 11 is 0. The van der Waals surface area contributed by atoms with Gasteiger partial charge >= 0.3 is 0 Å². The molecule has 1 N–H and O–H groups in total. The first-order valence-electron chi connectivity index (χ1n) is 7.21. The quantitative estimate of drug-likeness (QED) is 0.760. The number of amides is 1. The van der Waals surface area contributed by atoms with Gasteiger partial charge in [-0.15, -0.1) is 0 Å². The van der Waals surface area contributed by atoms with Gasteiger partial charge in [0.25, 0.3) is 5.91 Å². The lowest BCUT2D eigenvalue weighted by Crippen LogP contribution is -2.12. The fourth-order valence-electron chi connectivity index (χ4n) is 2.18. The highest BCUT2D eigenvalue weighted by molar-refractivity contribution is 6.01. The molecule has 2 aromatic heterocycles. The number of carbonyl (C=O) groups is 1. The minimum absolute atomic E-state index is 0.231. The molecule has 1 amide bonds. The maximum absolute atomic E-state index is 12.1. The molecule has 0 unspecified atom stereocenters. The van der Waals surface area contributed by atoms with Crippen molar-refractivity contribution in [1.82, 2.24) is 9.78 Å². The summed E-state index contributed by atoms with van der Waals surface area (Å²) in [5.41, 5.74) is 1.14. The van der Waals surface area contributed by atoms with Gasteiger partial charge in [-0.3, -0.25) is 9.48 Å². The molecule has 1 aromatic carbocycles. The van der Waals surface area contributed by atoms with Crippen LogP contribution >= 0.6 is 0 Å². The summed E-state index contributed by atoms with van der Waals surface area (Å²) in [6.07, 6.45) is 1.82. The number of methoxy groups -OCH3 is 1. The molecule has 3 aromatic rings. The minimum atomic E-state index is -0.336. The molecule has 0 saturated carbocycles. The molecule has 0 spiro atoms. The Kier molecular flexibility index (Phi) is 4.54. The molecule has 0 saturated heterocycles. The van der Waals surface area contributed by atoms with Crippen molar-refractivity contribution in [2.75, 3.05) is 12.4 Å². The first kappa shape index (κ1) is 15.1. The SMILES string of the molecule is COCc1ccc(C(=O)Nc2ccn(Cc3ccccc3)n2)o1. The number of hydrogen-bond donors (Lipinski definition) is 1. The van der Waals surface area contributed by atoms with E-state index >= 15 is 0 Å². The summed E-state index contributed by atoms with van der Waals surface area (Å²) in [5, 5.41) is 7.05. The molecule has 0 radical (unpaired) electrons. The molecule has 0 fully saturated rings. The Balaban J connectivity index is 1.62. The topological polar surface area (TPSA) is 69.3 Å². The summed E-state index contributed by atoms with van der Waals surface area (Å²) in [6, 6.07) is 15.1. The zero-order valence-corrected chi connectivity index (χ0v) is 12.7. The van der Waals surface area contributed by atoms with Crippen LogP contribution in [0.4, 0.5) is 5.82 Å². The molecule has 2 heterocycles. The standard InChI is InChI=1S/C17H17N3O3/c1-22-12-14-7-8-15(23-14)17(21)18-16-9-10-20(19-16)11-13-5-3-2-4-6-13/h2-10H,11-12H2,1H3,(H,18,19,21). The molecule has 118 valence electrons. The van der Waals surface area contributed by atoms with Crippen molar-refractivity contribution in [2.45, 2.75) is 13.2 Å². The Morgan fingerprint density at radius 2 is 2.04 bits per heavy atom. The molecule has 23 heavy (non-hydrogen) atoms. The van der Waals surface area contributed by atoms with Crippen molar-refractivity contribution < 1.29 is 13.9 Å². The van der Waals surface area contributed by atoms with Crippen LogP contribution in [0.5, 0.6) is 0 Å². The summed E-state index contributed by atoms with van der Waals surface area (Å²) in [6.45, 7) is 0.981. The monoisotopic (exact) mass is 311 g/mol. The molecule has 3 rings (SSSR count). The second kappa shape index (κ2) is 6.93. The van der Waals surface area contributed by atoms with Crippen LogP contribution in [0.3, 0.4) is 0 Å². The minimum Gasteiger partial charge on any atom is -0.453 e. The zero-order chi connectivity index (χ0) is 16.1. The van der Waals surface area contributed by atoms with Crippen LogP contribution in [0.25, 0.3) is 0 Å². The van der Waals surface area contributed by atoms with Gasteiger partial charge in [-0.05, 0) is 17.7 Å². The maximum atomic E-state index is 12.1. The summed E-state index contributed by atoms with van der Waals surface area (Å²) < 4.78 is 12.1. The third-order valence-electron chi connectivity index (χ3n) is 3.24. The number of aromatic nitrogens is 2. The predicted molar refractivity (Wildman–Crippen MR) is 85.1 cm³/mol. The van der Waals surface area contributed by atoms with Crippen LogP contribution in [0.1, 0.15) is 21.9 Å². The highest BCUT2D eigenvalue weighted by atomic mass is 16.5. The number of ether oxygens (including phenoxy) is 1. The van der Waals surface area contributed by atoms with Gasteiger partial charge in [0.2, 0.25) is 0 Å². The number of furan rings is 1. The second-order valence-electron chi connectivity index (χ2n) is 5.04. The van der Waals surface area contributed by atoms with Crippen molar-refractivity contribution in [3.63, 3.8) is 0 Å². The van der Waals surface area contributed by atoms with Gasteiger partial charge in [0.1, 0.15) is 12.4 Å². The van der Waals surface area contributed by atoms with Gasteiger partial charge in [0, 0.05) is 19.4 Å². The number of rotatable bonds is 6. The summed E-state index contributed by atoms with van der Waals surface area (Å²) in [7, 11) is 1.57. The van der Waals surface area contributed by atoms with Gasteiger partial charge in [-0.1, -0.05) is 30.3 Å². The van der Waals surface area contributed by atoms with E-state index < -0.39 is 0 Å². The van der Waals surface area contributed by atoms with E-state index in [4.69, 9.17) is 9.15 Å². The van der Waals surface area contributed by atoms with E-state index in [1.165, 1.54) is 0 Å².